The molecule has 1 atom stereocenters. The second kappa shape index (κ2) is 11.3. The molecule has 0 bridgehead atoms. The summed E-state index contributed by atoms with van der Waals surface area (Å²) in [5.41, 5.74) is 3.71. The Morgan fingerprint density at radius 1 is 0.939 bits per heavy atom. The average molecular weight is 470 g/mol. The van der Waals surface area contributed by atoms with Gasteiger partial charge >= 0.3 is 5.97 Å². The molecule has 0 amide bonds. The molecule has 1 radical (unpaired) electrons. The van der Waals surface area contributed by atoms with Crippen molar-refractivity contribution in [3.63, 3.8) is 0 Å². The van der Waals surface area contributed by atoms with E-state index in [0.717, 1.165) is 29.7 Å². The Bertz CT molecular complexity index is 908. The van der Waals surface area contributed by atoms with Crippen molar-refractivity contribution >= 4 is 15.0 Å². The van der Waals surface area contributed by atoms with Gasteiger partial charge in [-0.25, -0.2) is 4.79 Å². The van der Waals surface area contributed by atoms with Crippen molar-refractivity contribution in [2.24, 2.45) is 0 Å². The molecule has 2 aromatic carbocycles. The van der Waals surface area contributed by atoms with E-state index in [-0.39, 0.29) is 11.4 Å². The first-order valence-corrected chi connectivity index (χ1v) is 14.3. The van der Waals surface area contributed by atoms with Crippen LogP contribution < -0.4 is 4.74 Å². The lowest BCUT2D eigenvalue weighted by atomic mass is 9.81. The fraction of sp³-hybridized carbons (Fsp3) is 0.536. The second-order valence-corrected chi connectivity index (χ2v) is 12.8. The number of rotatable bonds is 9. The molecular weight excluding hydrogens is 428 g/mol. The van der Waals surface area contributed by atoms with Gasteiger partial charge in [-0.3, -0.25) is 0 Å². The quantitative estimate of drug-likeness (QED) is 0.288. The van der Waals surface area contributed by atoms with E-state index in [9.17, 15) is 4.79 Å². The van der Waals surface area contributed by atoms with Gasteiger partial charge in [-0.15, -0.1) is 0 Å². The largest absolute Gasteiger partial charge is 0.474 e. The SMILES string of the molecule is CCCc1c(OC(C(=O)OC(C)(C)C)c2ccccc2)ccc(C(C)(C)C)c1CO[Si](C)C. The van der Waals surface area contributed by atoms with E-state index in [0.29, 0.717) is 6.61 Å². The topological polar surface area (TPSA) is 44.8 Å². The zero-order valence-corrected chi connectivity index (χ0v) is 22.9. The van der Waals surface area contributed by atoms with Crippen LogP contribution in [-0.2, 0) is 32.4 Å². The Labute approximate surface area is 202 Å². The van der Waals surface area contributed by atoms with Crippen molar-refractivity contribution in [2.75, 3.05) is 0 Å². The maximum atomic E-state index is 13.2. The number of esters is 1. The van der Waals surface area contributed by atoms with Crippen LogP contribution in [0.25, 0.3) is 0 Å². The van der Waals surface area contributed by atoms with Gasteiger partial charge in [0.05, 0.1) is 6.61 Å². The van der Waals surface area contributed by atoms with Crippen LogP contribution in [0, 0.1) is 0 Å². The van der Waals surface area contributed by atoms with Gasteiger partial charge in [0.2, 0.25) is 15.1 Å². The average Bonchev–Trinajstić information content (AvgIpc) is 2.70. The van der Waals surface area contributed by atoms with Gasteiger partial charge in [-0.05, 0) is 68.5 Å². The first-order valence-electron chi connectivity index (χ1n) is 11.9. The summed E-state index contributed by atoms with van der Waals surface area (Å²) in [6.45, 7) is 19.3. The number of hydrogen-bond acceptors (Lipinski definition) is 4. The van der Waals surface area contributed by atoms with Gasteiger partial charge in [-0.2, -0.15) is 0 Å². The van der Waals surface area contributed by atoms with Crippen LogP contribution in [0.15, 0.2) is 42.5 Å². The first-order chi connectivity index (χ1) is 15.3. The highest BCUT2D eigenvalue weighted by molar-refractivity contribution is 6.48. The van der Waals surface area contributed by atoms with E-state index in [4.69, 9.17) is 13.9 Å². The molecular formula is C28H41O4Si. The van der Waals surface area contributed by atoms with Crippen LogP contribution in [0.4, 0.5) is 0 Å². The molecule has 0 aliphatic heterocycles. The summed E-state index contributed by atoms with van der Waals surface area (Å²) in [7, 11) is -0.851. The molecule has 0 aliphatic carbocycles. The lowest BCUT2D eigenvalue weighted by Gasteiger charge is -2.29. The van der Waals surface area contributed by atoms with Crippen molar-refractivity contribution < 1.29 is 18.7 Å². The van der Waals surface area contributed by atoms with Gasteiger partial charge in [-0.1, -0.05) is 70.5 Å². The van der Waals surface area contributed by atoms with Crippen LogP contribution in [0.3, 0.4) is 0 Å². The molecule has 33 heavy (non-hydrogen) atoms. The lowest BCUT2D eigenvalue weighted by Crippen LogP contribution is -2.30. The van der Waals surface area contributed by atoms with E-state index >= 15 is 0 Å². The summed E-state index contributed by atoms with van der Waals surface area (Å²) >= 11 is 0. The molecule has 0 aliphatic rings. The van der Waals surface area contributed by atoms with E-state index < -0.39 is 20.7 Å². The second-order valence-electron chi connectivity index (χ2n) is 10.7. The van der Waals surface area contributed by atoms with E-state index in [1.165, 1.54) is 11.1 Å². The van der Waals surface area contributed by atoms with Crippen molar-refractivity contribution in [2.45, 2.75) is 98.1 Å². The molecule has 181 valence electrons. The van der Waals surface area contributed by atoms with E-state index in [1.54, 1.807) is 0 Å². The van der Waals surface area contributed by atoms with Gasteiger partial charge < -0.3 is 13.9 Å². The smallest absolute Gasteiger partial charge is 0.352 e. The molecule has 0 aromatic heterocycles. The highest BCUT2D eigenvalue weighted by Gasteiger charge is 2.30. The molecule has 0 fully saturated rings. The van der Waals surface area contributed by atoms with E-state index in [2.05, 4.69) is 46.9 Å². The van der Waals surface area contributed by atoms with Crippen LogP contribution in [0.5, 0.6) is 5.75 Å². The van der Waals surface area contributed by atoms with Gasteiger partial charge in [0, 0.05) is 5.56 Å². The number of ether oxygens (including phenoxy) is 2. The molecule has 0 saturated carbocycles. The highest BCUT2D eigenvalue weighted by atomic mass is 28.3. The molecule has 4 nitrogen and oxygen atoms in total. The van der Waals surface area contributed by atoms with E-state index in [1.807, 2.05) is 57.2 Å². The zero-order chi connectivity index (χ0) is 24.8. The summed E-state index contributed by atoms with van der Waals surface area (Å²) < 4.78 is 18.4. The van der Waals surface area contributed by atoms with Crippen LogP contribution >= 0.6 is 0 Å². The van der Waals surface area contributed by atoms with Gasteiger partial charge in [0.25, 0.3) is 0 Å². The first kappa shape index (κ1) is 27.1. The summed E-state index contributed by atoms with van der Waals surface area (Å²) in [5, 5.41) is 0. The molecule has 0 N–H and O–H groups in total. The summed E-state index contributed by atoms with van der Waals surface area (Å²) in [6, 6.07) is 13.7. The summed E-state index contributed by atoms with van der Waals surface area (Å²) in [6.07, 6.45) is 0.978. The standard InChI is InChI=1S/C28H41O4Si/c1-10-14-21-22(19-30-33(8)9)23(27(2,3)4)17-18-24(21)31-25(20-15-12-11-13-16-20)26(29)32-28(5,6)7/h11-13,15-18,25H,10,14,19H2,1-9H3. The maximum absolute atomic E-state index is 13.2. The molecule has 2 rings (SSSR count). The van der Waals surface area contributed by atoms with Crippen molar-refractivity contribution in [1.29, 1.82) is 0 Å². The van der Waals surface area contributed by atoms with Crippen LogP contribution in [0.1, 0.15) is 83.2 Å². The Kier molecular flexibility index (Phi) is 9.33. The fourth-order valence-corrected chi connectivity index (χ4v) is 4.19. The third kappa shape index (κ3) is 8.00. The molecule has 1 unspecified atom stereocenters. The Balaban J connectivity index is 2.59. The molecule has 0 saturated heterocycles. The maximum Gasteiger partial charge on any atom is 0.352 e. The summed E-state index contributed by atoms with van der Waals surface area (Å²) in [4.78, 5) is 13.2. The lowest BCUT2D eigenvalue weighted by molar-refractivity contribution is -0.163. The number of benzene rings is 2. The summed E-state index contributed by atoms with van der Waals surface area (Å²) in [5.74, 6) is 0.339. The number of carbonyl (C=O) groups excluding carboxylic acids is 1. The minimum absolute atomic E-state index is 0.0297. The Morgan fingerprint density at radius 3 is 2.09 bits per heavy atom. The normalized spacial score (nSPS) is 13.2. The number of hydrogen-bond donors (Lipinski definition) is 0. The van der Waals surface area contributed by atoms with Crippen molar-refractivity contribution in [1.82, 2.24) is 0 Å². The third-order valence-corrected chi connectivity index (χ3v) is 5.89. The number of carbonyl (C=O) groups is 1. The third-order valence-electron chi connectivity index (χ3n) is 5.17. The van der Waals surface area contributed by atoms with Gasteiger partial charge in [0.15, 0.2) is 0 Å². The highest BCUT2D eigenvalue weighted by Crippen LogP contribution is 2.37. The molecule has 0 heterocycles. The van der Waals surface area contributed by atoms with Crippen LogP contribution in [0.2, 0.25) is 13.1 Å². The zero-order valence-electron chi connectivity index (χ0n) is 21.9. The molecule has 5 heteroatoms. The predicted molar refractivity (Wildman–Crippen MR) is 137 cm³/mol. The van der Waals surface area contributed by atoms with Crippen molar-refractivity contribution in [3.8, 4) is 5.75 Å². The van der Waals surface area contributed by atoms with Gasteiger partial charge in [0.1, 0.15) is 11.4 Å². The fourth-order valence-electron chi connectivity index (χ4n) is 3.75. The molecule has 0 spiro atoms. The minimum atomic E-state index is -0.851. The van der Waals surface area contributed by atoms with Crippen molar-refractivity contribution in [3.05, 3.63) is 64.7 Å². The predicted octanol–water partition coefficient (Wildman–Crippen LogP) is 7.17. The molecule has 2 aromatic rings. The Morgan fingerprint density at radius 2 is 1.58 bits per heavy atom. The van der Waals surface area contributed by atoms with Crippen LogP contribution in [-0.4, -0.2) is 20.6 Å². The Hall–Kier alpha value is -2.11. The monoisotopic (exact) mass is 469 g/mol. The minimum Gasteiger partial charge on any atom is -0.474 e.